The van der Waals surface area contributed by atoms with Gasteiger partial charge in [-0.2, -0.15) is 0 Å². The average Bonchev–Trinajstić information content (AvgIpc) is 3.08. The van der Waals surface area contributed by atoms with Crippen LogP contribution in [-0.2, 0) is 11.2 Å². The summed E-state index contributed by atoms with van der Waals surface area (Å²) in [6.45, 7) is -0.364. The van der Waals surface area contributed by atoms with Crippen molar-refractivity contribution < 1.29 is 18.4 Å². The summed E-state index contributed by atoms with van der Waals surface area (Å²) in [7, 11) is 0. The number of nitrogens with one attached hydrogen (secondary N) is 2. The van der Waals surface area contributed by atoms with Crippen LogP contribution in [0.25, 0.3) is 0 Å². The molecule has 0 saturated carbocycles. The predicted molar refractivity (Wildman–Crippen MR) is 106 cm³/mol. The van der Waals surface area contributed by atoms with E-state index in [9.17, 15) is 18.4 Å². The number of halogens is 3. The average molecular weight is 466 g/mol. The van der Waals surface area contributed by atoms with Crippen LogP contribution >= 0.6 is 27.3 Å². The van der Waals surface area contributed by atoms with Crippen LogP contribution in [0.5, 0.6) is 0 Å². The smallest absolute Gasteiger partial charge is 0.254 e. The van der Waals surface area contributed by atoms with Crippen molar-refractivity contribution in [2.75, 3.05) is 11.9 Å². The molecule has 2 aromatic carbocycles. The van der Waals surface area contributed by atoms with E-state index in [0.717, 1.165) is 27.0 Å². The number of anilines is 1. The quantitative estimate of drug-likeness (QED) is 0.574. The highest BCUT2D eigenvalue weighted by Gasteiger charge is 2.14. The second kappa shape index (κ2) is 9.03. The van der Waals surface area contributed by atoms with Gasteiger partial charge in [0.05, 0.1) is 12.1 Å². The van der Waals surface area contributed by atoms with Crippen LogP contribution in [0.1, 0.15) is 20.8 Å². The molecule has 3 aromatic rings. The van der Waals surface area contributed by atoms with Gasteiger partial charge >= 0.3 is 0 Å². The first-order valence-corrected chi connectivity index (χ1v) is 9.74. The number of carbonyl (C=O) groups is 2. The predicted octanol–water partition coefficient (Wildman–Crippen LogP) is 4.14. The Hall–Kier alpha value is -2.65. The lowest BCUT2D eigenvalue weighted by atomic mass is 10.1. The summed E-state index contributed by atoms with van der Waals surface area (Å²) >= 11 is 4.71. The third-order valence-corrected chi connectivity index (χ3v) is 5.12. The Morgan fingerprint density at radius 1 is 1.11 bits per heavy atom. The molecule has 0 fully saturated rings. The van der Waals surface area contributed by atoms with Crippen LogP contribution in [0.3, 0.4) is 0 Å². The SMILES string of the molecule is O=C(CNC(=O)c1ccc(F)cc1F)Nc1ncc(Cc2ccc(Br)cc2)s1. The Bertz CT molecular complexity index is 1010. The van der Waals surface area contributed by atoms with E-state index in [-0.39, 0.29) is 12.1 Å². The Balaban J connectivity index is 1.51. The molecule has 5 nitrogen and oxygen atoms in total. The highest BCUT2D eigenvalue weighted by Crippen LogP contribution is 2.22. The van der Waals surface area contributed by atoms with Crippen LogP contribution in [0.2, 0.25) is 0 Å². The number of hydrogen-bond donors (Lipinski definition) is 2. The summed E-state index contributed by atoms with van der Waals surface area (Å²) in [5, 5.41) is 5.27. The highest BCUT2D eigenvalue weighted by atomic mass is 79.9. The number of carbonyl (C=O) groups excluding carboxylic acids is 2. The highest BCUT2D eigenvalue weighted by molar-refractivity contribution is 9.10. The van der Waals surface area contributed by atoms with Gasteiger partial charge in [-0.25, -0.2) is 13.8 Å². The zero-order valence-corrected chi connectivity index (χ0v) is 16.7. The Labute approximate surface area is 171 Å². The number of thiazole rings is 1. The van der Waals surface area contributed by atoms with Crippen molar-refractivity contribution in [1.82, 2.24) is 10.3 Å². The van der Waals surface area contributed by atoms with E-state index >= 15 is 0 Å². The molecule has 0 saturated heterocycles. The zero-order chi connectivity index (χ0) is 20.1. The van der Waals surface area contributed by atoms with E-state index in [0.29, 0.717) is 17.6 Å². The fraction of sp³-hybridized carbons (Fsp3) is 0.105. The summed E-state index contributed by atoms with van der Waals surface area (Å²) in [4.78, 5) is 29.0. The van der Waals surface area contributed by atoms with E-state index in [1.165, 1.54) is 11.3 Å². The van der Waals surface area contributed by atoms with E-state index in [2.05, 4.69) is 31.5 Å². The van der Waals surface area contributed by atoms with Gasteiger partial charge in [0.2, 0.25) is 5.91 Å². The van der Waals surface area contributed by atoms with Crippen LogP contribution in [0, 0.1) is 11.6 Å². The largest absolute Gasteiger partial charge is 0.343 e. The van der Waals surface area contributed by atoms with Crippen LogP contribution in [-0.4, -0.2) is 23.3 Å². The van der Waals surface area contributed by atoms with Gasteiger partial charge in [0.25, 0.3) is 5.91 Å². The van der Waals surface area contributed by atoms with E-state index in [1.807, 2.05) is 24.3 Å². The van der Waals surface area contributed by atoms with Gasteiger partial charge in [-0.15, -0.1) is 11.3 Å². The van der Waals surface area contributed by atoms with Crippen LogP contribution in [0.15, 0.2) is 53.1 Å². The maximum absolute atomic E-state index is 13.6. The Kier molecular flexibility index (Phi) is 6.48. The summed E-state index contributed by atoms with van der Waals surface area (Å²) in [6.07, 6.45) is 2.36. The van der Waals surface area contributed by atoms with Crippen molar-refractivity contribution in [2.24, 2.45) is 0 Å². The number of amides is 2. The van der Waals surface area contributed by atoms with E-state index in [4.69, 9.17) is 0 Å². The van der Waals surface area contributed by atoms with Crippen molar-refractivity contribution >= 4 is 44.2 Å². The lowest BCUT2D eigenvalue weighted by molar-refractivity contribution is -0.115. The fourth-order valence-electron chi connectivity index (χ4n) is 2.34. The third-order valence-electron chi connectivity index (χ3n) is 3.68. The molecule has 0 radical (unpaired) electrons. The Morgan fingerprint density at radius 3 is 2.57 bits per heavy atom. The Morgan fingerprint density at radius 2 is 1.86 bits per heavy atom. The van der Waals surface area contributed by atoms with Crippen molar-refractivity contribution in [3.8, 4) is 0 Å². The molecule has 3 rings (SSSR count). The molecule has 144 valence electrons. The van der Waals surface area contributed by atoms with E-state index in [1.54, 1.807) is 6.20 Å². The molecule has 9 heteroatoms. The molecule has 2 amide bonds. The molecule has 1 heterocycles. The maximum Gasteiger partial charge on any atom is 0.254 e. The van der Waals surface area contributed by atoms with Crippen LogP contribution in [0.4, 0.5) is 13.9 Å². The fourth-order valence-corrected chi connectivity index (χ4v) is 3.47. The van der Waals surface area contributed by atoms with Gasteiger partial charge in [-0.3, -0.25) is 9.59 Å². The minimum Gasteiger partial charge on any atom is -0.343 e. The number of hydrogen-bond acceptors (Lipinski definition) is 4. The minimum absolute atomic E-state index is 0.333. The second-order valence-corrected chi connectivity index (χ2v) is 7.82. The molecule has 0 aliphatic carbocycles. The molecule has 0 aliphatic heterocycles. The lowest BCUT2D eigenvalue weighted by Crippen LogP contribution is -2.33. The monoisotopic (exact) mass is 465 g/mol. The topological polar surface area (TPSA) is 71.1 Å². The number of benzene rings is 2. The second-order valence-electron chi connectivity index (χ2n) is 5.79. The van der Waals surface area contributed by atoms with Gasteiger partial charge in [-0.05, 0) is 29.8 Å². The molecule has 2 N–H and O–H groups in total. The van der Waals surface area contributed by atoms with Gasteiger partial charge < -0.3 is 10.6 Å². The van der Waals surface area contributed by atoms with Gasteiger partial charge in [0.1, 0.15) is 11.6 Å². The van der Waals surface area contributed by atoms with Crippen molar-refractivity contribution in [1.29, 1.82) is 0 Å². The van der Waals surface area contributed by atoms with Gasteiger partial charge in [-0.1, -0.05) is 28.1 Å². The summed E-state index contributed by atoms with van der Waals surface area (Å²) in [6, 6.07) is 10.5. The summed E-state index contributed by atoms with van der Waals surface area (Å²) in [5.41, 5.74) is 0.776. The molecule has 0 bridgehead atoms. The standard InChI is InChI=1S/C19H14BrF2N3O2S/c20-12-3-1-11(2-4-12)7-14-9-24-19(28-14)25-17(26)10-23-18(27)15-6-5-13(21)8-16(15)22/h1-6,8-9H,7,10H2,(H,23,27)(H,24,25,26). The zero-order valence-electron chi connectivity index (χ0n) is 14.3. The normalized spacial score (nSPS) is 10.5. The molecule has 1 aromatic heterocycles. The first-order valence-electron chi connectivity index (χ1n) is 8.13. The van der Waals surface area contributed by atoms with Crippen LogP contribution < -0.4 is 10.6 Å². The summed E-state index contributed by atoms with van der Waals surface area (Å²) in [5.74, 6) is -3.08. The minimum atomic E-state index is -0.990. The molecule has 0 atom stereocenters. The third kappa shape index (κ3) is 5.43. The number of nitrogens with zero attached hydrogens (tertiary/aromatic N) is 1. The molecular formula is C19H14BrF2N3O2S. The molecule has 0 aliphatic rings. The van der Waals surface area contributed by atoms with E-state index < -0.39 is 23.4 Å². The number of aromatic nitrogens is 1. The number of rotatable bonds is 6. The first kappa shape index (κ1) is 20.1. The first-order chi connectivity index (χ1) is 13.4. The maximum atomic E-state index is 13.6. The van der Waals surface area contributed by atoms with Crippen molar-refractivity contribution in [2.45, 2.75) is 6.42 Å². The van der Waals surface area contributed by atoms with Gasteiger partial charge in [0.15, 0.2) is 5.13 Å². The lowest BCUT2D eigenvalue weighted by Gasteiger charge is -2.06. The summed E-state index contributed by atoms with van der Waals surface area (Å²) < 4.78 is 27.4. The molecule has 0 spiro atoms. The van der Waals surface area contributed by atoms with Gasteiger partial charge in [0, 0.05) is 28.0 Å². The molecule has 28 heavy (non-hydrogen) atoms. The van der Waals surface area contributed by atoms with Crippen molar-refractivity contribution in [3.05, 3.63) is 80.8 Å². The van der Waals surface area contributed by atoms with Crippen molar-refractivity contribution in [3.63, 3.8) is 0 Å². The molecular weight excluding hydrogens is 452 g/mol. The molecule has 0 unspecified atom stereocenters.